The number of thiophene rings is 1. The summed E-state index contributed by atoms with van der Waals surface area (Å²) in [5.74, 6) is 0.140. The summed E-state index contributed by atoms with van der Waals surface area (Å²) >= 11 is 4.27. The molecule has 0 aliphatic rings. The van der Waals surface area contributed by atoms with Gasteiger partial charge in [-0.2, -0.15) is 5.10 Å². The van der Waals surface area contributed by atoms with Gasteiger partial charge < -0.3 is 4.74 Å². The van der Waals surface area contributed by atoms with E-state index in [0.717, 1.165) is 15.8 Å². The van der Waals surface area contributed by atoms with Crippen LogP contribution in [-0.2, 0) is 4.79 Å². The van der Waals surface area contributed by atoms with Crippen molar-refractivity contribution >= 4 is 44.4 Å². The molecule has 0 atom stereocenters. The second-order valence-corrected chi connectivity index (χ2v) is 5.98. The molecule has 1 heterocycles. The Balaban J connectivity index is 1.78. The Labute approximate surface area is 137 Å². The average molecular weight is 384 g/mol. The maximum absolute atomic E-state index is 11.5. The summed E-state index contributed by atoms with van der Waals surface area (Å²) < 4.78 is 6.18. The topological polar surface area (TPSA) is 93.8 Å². The number of benzene rings is 1. The molecule has 114 valence electrons. The van der Waals surface area contributed by atoms with Crippen molar-refractivity contribution in [2.75, 3.05) is 6.61 Å². The first-order valence-corrected chi connectivity index (χ1v) is 7.60. The number of halogens is 1. The van der Waals surface area contributed by atoms with Crippen LogP contribution in [0.25, 0.3) is 0 Å². The molecule has 2 aromatic rings. The monoisotopic (exact) mass is 383 g/mol. The van der Waals surface area contributed by atoms with E-state index in [1.54, 1.807) is 30.3 Å². The van der Waals surface area contributed by atoms with Crippen molar-refractivity contribution in [3.05, 3.63) is 55.9 Å². The lowest BCUT2D eigenvalue weighted by molar-refractivity contribution is -0.380. The van der Waals surface area contributed by atoms with Crippen molar-refractivity contribution in [2.24, 2.45) is 5.10 Å². The largest absolute Gasteiger partial charge is 0.484 e. The summed E-state index contributed by atoms with van der Waals surface area (Å²) in [6.07, 6.45) is 1.34. The number of nitrogens with zero attached hydrogens (tertiary/aromatic N) is 2. The standard InChI is InChI=1S/C13H10BrN3O4S/c14-9-1-3-10(4-2-9)21-8-12(18)16-15-7-11-5-6-13(22-11)17(19)20/h1-7H,8H2,(H,16,18). The average Bonchev–Trinajstić information content (AvgIpc) is 2.96. The first-order chi connectivity index (χ1) is 10.5. The predicted octanol–water partition coefficient (Wildman–Crippen LogP) is 2.95. The molecule has 0 saturated heterocycles. The highest BCUT2D eigenvalue weighted by atomic mass is 79.9. The number of amides is 1. The van der Waals surface area contributed by atoms with Crippen molar-refractivity contribution in [3.63, 3.8) is 0 Å². The molecule has 0 spiro atoms. The fourth-order valence-electron chi connectivity index (χ4n) is 1.39. The van der Waals surface area contributed by atoms with E-state index in [0.29, 0.717) is 10.6 Å². The lowest BCUT2D eigenvalue weighted by atomic mass is 10.3. The Kier molecular flexibility index (Phi) is 5.61. The first-order valence-electron chi connectivity index (χ1n) is 5.99. The highest BCUT2D eigenvalue weighted by Crippen LogP contribution is 2.22. The summed E-state index contributed by atoms with van der Waals surface area (Å²) in [7, 11) is 0. The minimum Gasteiger partial charge on any atom is -0.484 e. The Morgan fingerprint density at radius 2 is 2.09 bits per heavy atom. The summed E-state index contributed by atoms with van der Waals surface area (Å²) in [6.45, 7) is -0.177. The summed E-state index contributed by atoms with van der Waals surface area (Å²) in [4.78, 5) is 22.1. The van der Waals surface area contributed by atoms with Gasteiger partial charge in [-0.3, -0.25) is 14.9 Å². The van der Waals surface area contributed by atoms with Gasteiger partial charge >= 0.3 is 5.00 Å². The minimum atomic E-state index is -0.480. The van der Waals surface area contributed by atoms with Crippen LogP contribution in [0.5, 0.6) is 5.75 Å². The molecule has 0 unspecified atom stereocenters. The van der Waals surface area contributed by atoms with Gasteiger partial charge in [0.25, 0.3) is 5.91 Å². The first kappa shape index (κ1) is 16.1. The molecular weight excluding hydrogens is 374 g/mol. The molecule has 9 heteroatoms. The van der Waals surface area contributed by atoms with Crippen LogP contribution in [-0.4, -0.2) is 23.7 Å². The van der Waals surface area contributed by atoms with Crippen LogP contribution in [0.2, 0.25) is 0 Å². The Morgan fingerprint density at radius 3 is 2.73 bits per heavy atom. The van der Waals surface area contributed by atoms with Crippen LogP contribution in [0, 0.1) is 10.1 Å². The third kappa shape index (κ3) is 4.93. The fourth-order valence-corrected chi connectivity index (χ4v) is 2.35. The van der Waals surface area contributed by atoms with E-state index in [1.807, 2.05) is 0 Å². The number of nitrogens with one attached hydrogen (secondary N) is 1. The van der Waals surface area contributed by atoms with Gasteiger partial charge in [0.2, 0.25) is 0 Å². The lowest BCUT2D eigenvalue weighted by Gasteiger charge is -2.04. The van der Waals surface area contributed by atoms with Crippen LogP contribution < -0.4 is 10.2 Å². The number of nitro groups is 1. The number of hydrogen-bond acceptors (Lipinski definition) is 6. The number of ether oxygens (including phenoxy) is 1. The van der Waals surface area contributed by atoms with Crippen molar-refractivity contribution in [1.82, 2.24) is 5.43 Å². The van der Waals surface area contributed by atoms with Gasteiger partial charge in [-0.25, -0.2) is 5.43 Å². The summed E-state index contributed by atoms with van der Waals surface area (Å²) in [5.41, 5.74) is 2.28. The van der Waals surface area contributed by atoms with E-state index >= 15 is 0 Å². The zero-order valence-corrected chi connectivity index (χ0v) is 13.5. The number of hydrogen-bond donors (Lipinski definition) is 1. The Hall–Kier alpha value is -2.26. The van der Waals surface area contributed by atoms with E-state index in [-0.39, 0.29) is 11.6 Å². The Bertz CT molecular complexity index is 700. The predicted molar refractivity (Wildman–Crippen MR) is 86.3 cm³/mol. The zero-order valence-electron chi connectivity index (χ0n) is 11.1. The molecule has 0 aliphatic carbocycles. The van der Waals surface area contributed by atoms with Gasteiger partial charge in [-0.15, -0.1) is 0 Å². The lowest BCUT2D eigenvalue weighted by Crippen LogP contribution is -2.24. The van der Waals surface area contributed by atoms with Crippen molar-refractivity contribution < 1.29 is 14.5 Å². The number of carbonyl (C=O) groups is 1. The van der Waals surface area contributed by atoms with Gasteiger partial charge in [0, 0.05) is 10.5 Å². The molecule has 0 saturated carbocycles. The smallest absolute Gasteiger partial charge is 0.324 e. The van der Waals surface area contributed by atoms with Crippen molar-refractivity contribution in [3.8, 4) is 5.75 Å². The third-order valence-corrected chi connectivity index (χ3v) is 3.86. The fraction of sp³-hybridized carbons (Fsp3) is 0.0769. The summed E-state index contributed by atoms with van der Waals surface area (Å²) in [5, 5.41) is 14.3. The molecule has 2 rings (SSSR count). The zero-order chi connectivity index (χ0) is 15.9. The van der Waals surface area contributed by atoms with Crippen LogP contribution in [0.4, 0.5) is 5.00 Å². The molecule has 0 bridgehead atoms. The maximum atomic E-state index is 11.5. The highest BCUT2D eigenvalue weighted by molar-refractivity contribution is 9.10. The molecule has 0 fully saturated rings. The molecule has 0 aliphatic heterocycles. The Morgan fingerprint density at radius 1 is 1.36 bits per heavy atom. The molecule has 1 amide bonds. The molecule has 1 aromatic heterocycles. The quantitative estimate of drug-likeness (QED) is 0.471. The molecular formula is C13H10BrN3O4S. The second kappa shape index (κ2) is 7.66. The number of carbonyl (C=O) groups excluding carboxylic acids is 1. The normalized spacial score (nSPS) is 10.6. The molecule has 1 aromatic carbocycles. The van der Waals surface area contributed by atoms with Crippen LogP contribution in [0.1, 0.15) is 4.88 Å². The van der Waals surface area contributed by atoms with Crippen LogP contribution in [0.3, 0.4) is 0 Å². The number of hydrazone groups is 1. The number of rotatable bonds is 6. The summed E-state index contributed by atoms with van der Waals surface area (Å²) in [6, 6.07) is 9.99. The van der Waals surface area contributed by atoms with Gasteiger partial charge in [0.1, 0.15) is 5.75 Å². The van der Waals surface area contributed by atoms with Gasteiger partial charge in [0.05, 0.1) is 16.0 Å². The van der Waals surface area contributed by atoms with Crippen molar-refractivity contribution in [1.29, 1.82) is 0 Å². The maximum Gasteiger partial charge on any atom is 0.324 e. The van der Waals surface area contributed by atoms with E-state index in [9.17, 15) is 14.9 Å². The van der Waals surface area contributed by atoms with E-state index in [2.05, 4.69) is 26.5 Å². The van der Waals surface area contributed by atoms with E-state index < -0.39 is 10.8 Å². The van der Waals surface area contributed by atoms with Crippen molar-refractivity contribution in [2.45, 2.75) is 0 Å². The second-order valence-electron chi connectivity index (χ2n) is 3.97. The highest BCUT2D eigenvalue weighted by Gasteiger charge is 2.08. The SMILES string of the molecule is O=C(COc1ccc(Br)cc1)NN=Cc1ccc([N+](=O)[O-])s1. The van der Waals surface area contributed by atoms with E-state index in [4.69, 9.17) is 4.74 Å². The van der Waals surface area contributed by atoms with Crippen LogP contribution in [0.15, 0.2) is 46.0 Å². The molecule has 22 heavy (non-hydrogen) atoms. The molecule has 1 N–H and O–H groups in total. The van der Waals surface area contributed by atoms with Crippen LogP contribution >= 0.6 is 27.3 Å². The van der Waals surface area contributed by atoms with E-state index in [1.165, 1.54) is 12.3 Å². The van der Waals surface area contributed by atoms with Gasteiger partial charge in [-0.1, -0.05) is 27.3 Å². The third-order valence-electron chi connectivity index (χ3n) is 2.36. The molecule has 0 radical (unpaired) electrons. The minimum absolute atomic E-state index is 0.0198. The van der Waals surface area contributed by atoms with Gasteiger partial charge in [0.15, 0.2) is 6.61 Å². The van der Waals surface area contributed by atoms with Gasteiger partial charge in [-0.05, 0) is 30.3 Å². The molecule has 7 nitrogen and oxygen atoms in total.